The molecule has 26 heavy (non-hydrogen) atoms. The predicted molar refractivity (Wildman–Crippen MR) is 81.8 cm³/mol. The molecule has 8 nitrogen and oxygen atoms in total. The van der Waals surface area contributed by atoms with Gasteiger partial charge in [0.2, 0.25) is 0 Å². The monoisotopic (exact) mass is 368 g/mol. The van der Waals surface area contributed by atoms with Crippen molar-refractivity contribution in [2.45, 2.75) is 19.9 Å². The molecule has 0 aliphatic carbocycles. The summed E-state index contributed by atoms with van der Waals surface area (Å²) in [6, 6.07) is 5.49. The number of fused-ring (bicyclic) bond motifs is 1. The van der Waals surface area contributed by atoms with E-state index in [2.05, 4.69) is 14.7 Å². The van der Waals surface area contributed by atoms with Crippen molar-refractivity contribution in [3.8, 4) is 11.6 Å². The molecule has 2 aromatic heterocycles. The zero-order chi connectivity index (χ0) is 18.9. The molecule has 1 aromatic carbocycles. The smallest absolute Gasteiger partial charge is 0.468 e. The quantitative estimate of drug-likeness (QED) is 0.506. The summed E-state index contributed by atoms with van der Waals surface area (Å²) in [5, 5.41) is 10.9. The molecule has 0 aliphatic rings. The normalized spacial score (nSPS) is 11.5. The van der Waals surface area contributed by atoms with E-state index in [-0.39, 0.29) is 23.7 Å². The Morgan fingerprint density at radius 1 is 1.23 bits per heavy atom. The van der Waals surface area contributed by atoms with Crippen molar-refractivity contribution in [2.75, 3.05) is 0 Å². The molecule has 2 heterocycles. The number of imidazole rings is 1. The van der Waals surface area contributed by atoms with Gasteiger partial charge in [-0.2, -0.15) is 0 Å². The molecule has 0 amide bonds. The molecule has 0 N–H and O–H groups in total. The molecular weight excluding hydrogens is 357 g/mol. The molecule has 0 unspecified atom stereocenters. The van der Waals surface area contributed by atoms with Crippen LogP contribution >= 0.6 is 0 Å². The second-order valence-electron chi connectivity index (χ2n) is 5.22. The van der Waals surface area contributed by atoms with Crippen LogP contribution in [0.5, 0.6) is 11.6 Å². The van der Waals surface area contributed by atoms with Crippen LogP contribution in [0.4, 0.5) is 19.0 Å². The maximum Gasteiger partial charge on any atom is 0.573 e. The van der Waals surface area contributed by atoms with E-state index in [1.165, 1.54) is 35.0 Å². The first kappa shape index (κ1) is 17.5. The van der Waals surface area contributed by atoms with E-state index in [9.17, 15) is 23.3 Å². The first-order valence-corrected chi connectivity index (χ1v) is 7.20. The maximum absolute atomic E-state index is 12.5. The number of nitrogens with zero attached hydrogens (tertiary/aromatic N) is 4. The van der Waals surface area contributed by atoms with Crippen molar-refractivity contribution >= 4 is 11.5 Å². The molecule has 3 aromatic rings. The van der Waals surface area contributed by atoms with E-state index in [1.807, 2.05) is 0 Å². The minimum atomic E-state index is -4.84. The van der Waals surface area contributed by atoms with Gasteiger partial charge in [0.25, 0.3) is 5.88 Å². The van der Waals surface area contributed by atoms with E-state index < -0.39 is 22.9 Å². The van der Waals surface area contributed by atoms with Gasteiger partial charge >= 0.3 is 17.8 Å². The number of ether oxygens (including phenoxy) is 2. The first-order valence-electron chi connectivity index (χ1n) is 7.20. The Kier molecular flexibility index (Phi) is 4.36. The summed E-state index contributed by atoms with van der Waals surface area (Å²) in [7, 11) is 0. The number of hydrogen-bond donors (Lipinski definition) is 0. The number of aromatic nitrogens is 3. The number of rotatable bonds is 5. The number of para-hydroxylation sites is 1. The van der Waals surface area contributed by atoms with E-state index in [0.29, 0.717) is 5.69 Å². The SMILES string of the molecule is Cc1cn2cc([N+](=O)[O-])nc2c(OCc2ccccc2OC(F)(F)F)n1. The van der Waals surface area contributed by atoms with E-state index in [1.54, 1.807) is 6.92 Å². The van der Waals surface area contributed by atoms with Gasteiger partial charge in [0, 0.05) is 11.8 Å². The number of nitro groups is 1. The molecule has 136 valence electrons. The Balaban J connectivity index is 1.90. The molecule has 3 rings (SSSR count). The van der Waals surface area contributed by atoms with Gasteiger partial charge in [-0.15, -0.1) is 13.2 Å². The Bertz CT molecular complexity index is 971. The van der Waals surface area contributed by atoms with Gasteiger partial charge in [0.15, 0.2) is 0 Å². The molecular formula is C15H11F3N4O4. The summed E-state index contributed by atoms with van der Waals surface area (Å²) in [6.07, 6.45) is -2.13. The number of halogens is 3. The van der Waals surface area contributed by atoms with E-state index >= 15 is 0 Å². The van der Waals surface area contributed by atoms with Gasteiger partial charge in [0.1, 0.15) is 18.6 Å². The van der Waals surface area contributed by atoms with E-state index in [4.69, 9.17) is 4.74 Å². The largest absolute Gasteiger partial charge is 0.573 e. The van der Waals surface area contributed by atoms with Crippen LogP contribution in [0.2, 0.25) is 0 Å². The number of alkyl halides is 3. The topological polar surface area (TPSA) is 91.8 Å². The minimum Gasteiger partial charge on any atom is -0.468 e. The van der Waals surface area contributed by atoms with Crippen LogP contribution in [-0.4, -0.2) is 25.7 Å². The molecule has 0 spiro atoms. The maximum atomic E-state index is 12.5. The van der Waals surface area contributed by atoms with Crippen molar-refractivity contribution in [3.63, 3.8) is 0 Å². The van der Waals surface area contributed by atoms with Crippen LogP contribution in [0.1, 0.15) is 11.3 Å². The summed E-state index contributed by atoms with van der Waals surface area (Å²) in [5.74, 6) is -0.846. The van der Waals surface area contributed by atoms with Crippen LogP contribution < -0.4 is 9.47 Å². The summed E-state index contributed by atoms with van der Waals surface area (Å²) in [6.45, 7) is 1.35. The Morgan fingerprint density at radius 3 is 2.65 bits per heavy atom. The molecule has 0 saturated heterocycles. The van der Waals surface area contributed by atoms with Crippen LogP contribution in [0, 0.1) is 17.0 Å². The Morgan fingerprint density at radius 2 is 1.96 bits per heavy atom. The summed E-state index contributed by atoms with van der Waals surface area (Å²) in [4.78, 5) is 18.1. The van der Waals surface area contributed by atoms with Crippen LogP contribution in [0.3, 0.4) is 0 Å². The first-order chi connectivity index (χ1) is 12.2. The lowest BCUT2D eigenvalue weighted by Crippen LogP contribution is -2.18. The Hall–Kier alpha value is -3.37. The molecule has 0 bridgehead atoms. The van der Waals surface area contributed by atoms with E-state index in [0.717, 1.165) is 6.07 Å². The molecule has 0 saturated carbocycles. The molecule has 0 aliphatic heterocycles. The van der Waals surface area contributed by atoms with Crippen molar-refractivity contribution in [1.29, 1.82) is 0 Å². The summed E-state index contributed by atoms with van der Waals surface area (Å²) < 4.78 is 48.2. The van der Waals surface area contributed by atoms with Gasteiger partial charge in [-0.1, -0.05) is 18.2 Å². The van der Waals surface area contributed by atoms with Crippen LogP contribution in [-0.2, 0) is 6.61 Å². The lowest BCUT2D eigenvalue weighted by molar-refractivity contribution is -0.389. The highest BCUT2D eigenvalue weighted by molar-refractivity contribution is 5.53. The van der Waals surface area contributed by atoms with Gasteiger partial charge in [-0.25, -0.2) is 4.98 Å². The average molecular weight is 368 g/mol. The second kappa shape index (κ2) is 6.50. The molecule has 0 radical (unpaired) electrons. The fourth-order valence-corrected chi connectivity index (χ4v) is 2.26. The van der Waals surface area contributed by atoms with Gasteiger partial charge in [-0.05, 0) is 22.9 Å². The highest BCUT2D eigenvalue weighted by Gasteiger charge is 2.32. The Labute approximate surface area is 144 Å². The second-order valence-corrected chi connectivity index (χ2v) is 5.22. The lowest BCUT2D eigenvalue weighted by Gasteiger charge is -2.13. The van der Waals surface area contributed by atoms with Crippen molar-refractivity contribution in [3.05, 3.63) is 58.0 Å². The third kappa shape index (κ3) is 3.82. The molecule has 11 heteroatoms. The molecule has 0 atom stereocenters. The minimum absolute atomic E-state index is 0.0417. The zero-order valence-electron chi connectivity index (χ0n) is 13.2. The highest BCUT2D eigenvalue weighted by Crippen LogP contribution is 2.28. The predicted octanol–water partition coefficient (Wildman–Crippen LogP) is 3.42. The lowest BCUT2D eigenvalue weighted by atomic mass is 10.2. The van der Waals surface area contributed by atoms with Crippen LogP contribution in [0.25, 0.3) is 5.65 Å². The third-order valence-corrected chi connectivity index (χ3v) is 3.26. The van der Waals surface area contributed by atoms with Gasteiger partial charge in [-0.3, -0.25) is 4.40 Å². The number of aryl methyl sites for hydroxylation is 1. The summed E-state index contributed by atoms with van der Waals surface area (Å²) in [5.41, 5.74) is 0.698. The highest BCUT2D eigenvalue weighted by atomic mass is 19.4. The van der Waals surface area contributed by atoms with Crippen molar-refractivity contribution in [1.82, 2.24) is 14.4 Å². The fourth-order valence-electron chi connectivity index (χ4n) is 2.26. The standard InChI is InChI=1S/C15H11F3N4O4/c1-9-6-21-7-12(22(23)24)20-13(21)14(19-9)25-8-10-4-2-3-5-11(10)26-15(16,17)18/h2-7H,8H2,1H3. The van der Waals surface area contributed by atoms with Crippen LogP contribution in [0.15, 0.2) is 36.7 Å². The van der Waals surface area contributed by atoms with Crippen molar-refractivity contribution in [2.24, 2.45) is 0 Å². The zero-order valence-corrected chi connectivity index (χ0v) is 13.2. The number of hydrogen-bond acceptors (Lipinski definition) is 6. The molecule has 0 fully saturated rings. The average Bonchev–Trinajstić information content (AvgIpc) is 2.96. The number of benzene rings is 1. The summed E-state index contributed by atoms with van der Waals surface area (Å²) >= 11 is 0. The van der Waals surface area contributed by atoms with Gasteiger partial charge in [0.05, 0.1) is 5.69 Å². The van der Waals surface area contributed by atoms with Gasteiger partial charge < -0.3 is 19.6 Å². The fraction of sp³-hybridized carbons (Fsp3) is 0.200. The third-order valence-electron chi connectivity index (χ3n) is 3.26. The van der Waals surface area contributed by atoms with Crippen molar-refractivity contribution < 1.29 is 27.6 Å².